The fraction of sp³-hybridized carbons (Fsp3) is 0.579. The maximum atomic E-state index is 11.7. The van der Waals surface area contributed by atoms with Crippen LogP contribution in [0.3, 0.4) is 0 Å². The Kier molecular flexibility index (Phi) is 6.79. The highest BCUT2D eigenvalue weighted by Crippen LogP contribution is 2.44. The van der Waals surface area contributed by atoms with Crippen molar-refractivity contribution >= 4 is 11.9 Å². The molecule has 0 amide bonds. The summed E-state index contributed by atoms with van der Waals surface area (Å²) in [5, 5.41) is 18.9. The Morgan fingerprint density at radius 2 is 1.96 bits per heavy atom. The fourth-order valence-electron chi connectivity index (χ4n) is 3.31. The molecule has 0 bridgehead atoms. The molecule has 0 aliphatic heterocycles. The molecule has 1 aliphatic carbocycles. The van der Waals surface area contributed by atoms with E-state index in [0.717, 1.165) is 18.4 Å². The summed E-state index contributed by atoms with van der Waals surface area (Å²) >= 11 is 0. The first-order valence-electron chi connectivity index (χ1n) is 8.35. The molecule has 0 saturated heterocycles. The average molecular weight is 320 g/mol. The van der Waals surface area contributed by atoms with Gasteiger partial charge in [0.25, 0.3) is 0 Å². The van der Waals surface area contributed by atoms with Crippen LogP contribution in [0.25, 0.3) is 0 Å². The van der Waals surface area contributed by atoms with Crippen LogP contribution in [0.4, 0.5) is 0 Å². The second-order valence-corrected chi connectivity index (χ2v) is 6.44. The van der Waals surface area contributed by atoms with Crippen LogP contribution >= 0.6 is 0 Å². The first-order valence-corrected chi connectivity index (χ1v) is 8.35. The molecule has 1 rings (SSSR count). The Balaban J connectivity index is 3.24. The number of carboxylic acids is 2. The Morgan fingerprint density at radius 3 is 2.39 bits per heavy atom. The highest BCUT2D eigenvalue weighted by Gasteiger charge is 2.41. The molecule has 1 aliphatic rings. The van der Waals surface area contributed by atoms with Gasteiger partial charge in [0.05, 0.1) is 11.5 Å². The lowest BCUT2D eigenvalue weighted by Gasteiger charge is -2.37. The van der Waals surface area contributed by atoms with Gasteiger partial charge in [0.1, 0.15) is 0 Å². The normalized spacial score (nSPS) is 25.8. The summed E-state index contributed by atoms with van der Waals surface area (Å²) in [5.41, 5.74) is 0.288. The standard InChI is InChI=1S/C19H28O4/c1-5-8-9-13(6-2)11-19(4)12-14(7-3)15(17(20)21)10-16(19)18(22)23/h8-10,12-13,16H,5-7,11H2,1-4H3,(H,20,21)(H,22,23). The van der Waals surface area contributed by atoms with E-state index in [0.29, 0.717) is 12.8 Å². The van der Waals surface area contributed by atoms with Gasteiger partial charge in [-0.3, -0.25) is 4.79 Å². The molecule has 0 spiro atoms. The molecule has 0 fully saturated rings. The number of aliphatic carboxylic acids is 2. The molecule has 23 heavy (non-hydrogen) atoms. The number of hydrogen-bond donors (Lipinski definition) is 2. The highest BCUT2D eigenvalue weighted by atomic mass is 16.4. The second kappa shape index (κ2) is 8.14. The number of rotatable bonds is 8. The van der Waals surface area contributed by atoms with E-state index in [1.165, 1.54) is 6.08 Å². The maximum Gasteiger partial charge on any atom is 0.335 e. The molecule has 0 aromatic rings. The largest absolute Gasteiger partial charge is 0.481 e. The Bertz CT molecular complexity index is 542. The minimum absolute atomic E-state index is 0.134. The number of carboxylic acid groups (broad SMARTS) is 2. The van der Waals surface area contributed by atoms with Gasteiger partial charge in [-0.05, 0) is 37.2 Å². The van der Waals surface area contributed by atoms with Crippen molar-refractivity contribution in [2.75, 3.05) is 0 Å². The van der Waals surface area contributed by atoms with Crippen molar-refractivity contribution in [1.29, 1.82) is 0 Å². The predicted molar refractivity (Wildman–Crippen MR) is 91.2 cm³/mol. The first-order chi connectivity index (χ1) is 10.8. The summed E-state index contributed by atoms with van der Waals surface area (Å²) in [6, 6.07) is 0. The molecule has 128 valence electrons. The summed E-state index contributed by atoms with van der Waals surface area (Å²) in [6.07, 6.45) is 10.8. The predicted octanol–water partition coefficient (Wildman–Crippen LogP) is 4.44. The fourth-order valence-corrected chi connectivity index (χ4v) is 3.31. The summed E-state index contributed by atoms with van der Waals surface area (Å²) in [6.45, 7) is 8.00. The van der Waals surface area contributed by atoms with Crippen molar-refractivity contribution in [2.24, 2.45) is 17.3 Å². The molecule has 0 aromatic carbocycles. The molecular formula is C19H28O4. The van der Waals surface area contributed by atoms with Crippen LogP contribution in [-0.4, -0.2) is 22.2 Å². The Labute approximate surface area is 138 Å². The van der Waals surface area contributed by atoms with Crippen molar-refractivity contribution in [1.82, 2.24) is 0 Å². The highest BCUT2D eigenvalue weighted by molar-refractivity contribution is 5.93. The topological polar surface area (TPSA) is 74.6 Å². The zero-order valence-electron chi connectivity index (χ0n) is 14.5. The van der Waals surface area contributed by atoms with E-state index in [2.05, 4.69) is 26.0 Å². The zero-order valence-corrected chi connectivity index (χ0v) is 14.5. The van der Waals surface area contributed by atoms with Gasteiger partial charge in [0.2, 0.25) is 0 Å². The minimum atomic E-state index is -1.05. The monoisotopic (exact) mass is 320 g/mol. The summed E-state index contributed by atoms with van der Waals surface area (Å²) in [7, 11) is 0. The molecule has 4 nitrogen and oxygen atoms in total. The van der Waals surface area contributed by atoms with E-state index in [1.54, 1.807) is 0 Å². The van der Waals surface area contributed by atoms with E-state index in [4.69, 9.17) is 0 Å². The lowest BCUT2D eigenvalue weighted by Crippen LogP contribution is -2.36. The molecule has 0 saturated carbocycles. The zero-order chi connectivity index (χ0) is 17.6. The molecule has 2 N–H and O–H groups in total. The van der Waals surface area contributed by atoms with Crippen molar-refractivity contribution < 1.29 is 19.8 Å². The van der Waals surface area contributed by atoms with Gasteiger partial charge in [-0.25, -0.2) is 4.79 Å². The van der Waals surface area contributed by atoms with Crippen molar-refractivity contribution in [3.63, 3.8) is 0 Å². The lowest BCUT2D eigenvalue weighted by molar-refractivity contribution is -0.143. The van der Waals surface area contributed by atoms with Crippen LogP contribution in [0, 0.1) is 17.3 Å². The van der Waals surface area contributed by atoms with Gasteiger partial charge in [-0.1, -0.05) is 52.0 Å². The molecular weight excluding hydrogens is 292 g/mol. The number of carbonyl (C=O) groups is 2. The minimum Gasteiger partial charge on any atom is -0.481 e. The van der Waals surface area contributed by atoms with Gasteiger partial charge >= 0.3 is 11.9 Å². The quantitative estimate of drug-likeness (QED) is 0.648. The van der Waals surface area contributed by atoms with Gasteiger partial charge in [0.15, 0.2) is 0 Å². The van der Waals surface area contributed by atoms with E-state index in [9.17, 15) is 19.8 Å². The summed E-state index contributed by atoms with van der Waals surface area (Å²) < 4.78 is 0. The van der Waals surface area contributed by atoms with Crippen molar-refractivity contribution in [3.8, 4) is 0 Å². The Morgan fingerprint density at radius 1 is 1.30 bits per heavy atom. The van der Waals surface area contributed by atoms with Gasteiger partial charge in [-0.15, -0.1) is 0 Å². The lowest BCUT2D eigenvalue weighted by atomic mass is 9.66. The van der Waals surface area contributed by atoms with Crippen LogP contribution in [0.1, 0.15) is 53.4 Å². The smallest absolute Gasteiger partial charge is 0.335 e. The second-order valence-electron chi connectivity index (χ2n) is 6.44. The third-order valence-electron chi connectivity index (χ3n) is 4.64. The van der Waals surface area contributed by atoms with Crippen LogP contribution in [0.2, 0.25) is 0 Å². The molecule has 0 radical (unpaired) electrons. The molecule has 3 atom stereocenters. The Hall–Kier alpha value is -1.84. The first kappa shape index (κ1) is 19.2. The third kappa shape index (κ3) is 4.57. The van der Waals surface area contributed by atoms with Crippen LogP contribution in [-0.2, 0) is 9.59 Å². The van der Waals surface area contributed by atoms with E-state index < -0.39 is 23.3 Å². The van der Waals surface area contributed by atoms with Gasteiger partial charge in [0, 0.05) is 5.41 Å². The third-order valence-corrected chi connectivity index (χ3v) is 4.64. The van der Waals surface area contributed by atoms with Crippen LogP contribution < -0.4 is 0 Å². The number of allylic oxidation sites excluding steroid dienone is 3. The van der Waals surface area contributed by atoms with E-state index >= 15 is 0 Å². The van der Waals surface area contributed by atoms with Crippen LogP contribution in [0.5, 0.6) is 0 Å². The van der Waals surface area contributed by atoms with Crippen molar-refractivity contribution in [2.45, 2.75) is 53.4 Å². The molecule has 3 unspecified atom stereocenters. The molecule has 0 aromatic heterocycles. The van der Waals surface area contributed by atoms with Crippen molar-refractivity contribution in [3.05, 3.63) is 35.5 Å². The van der Waals surface area contributed by atoms with E-state index in [1.807, 2.05) is 19.9 Å². The average Bonchev–Trinajstić information content (AvgIpc) is 2.50. The summed E-state index contributed by atoms with van der Waals surface area (Å²) in [4.78, 5) is 23.1. The van der Waals surface area contributed by atoms with E-state index in [-0.39, 0.29) is 11.5 Å². The molecule has 4 heteroatoms. The van der Waals surface area contributed by atoms with Gasteiger partial charge in [-0.2, -0.15) is 0 Å². The van der Waals surface area contributed by atoms with Gasteiger partial charge < -0.3 is 10.2 Å². The maximum absolute atomic E-state index is 11.7. The van der Waals surface area contributed by atoms with Crippen LogP contribution in [0.15, 0.2) is 35.5 Å². The molecule has 0 heterocycles. The number of hydrogen-bond acceptors (Lipinski definition) is 2. The summed E-state index contributed by atoms with van der Waals surface area (Å²) in [5.74, 6) is -2.54. The SMILES string of the molecule is CCC=CC(CC)CC1(C)C=C(CC)C(C(=O)O)=CC1C(=O)O.